The lowest BCUT2D eigenvalue weighted by Gasteiger charge is -2.04. The Kier molecular flexibility index (Phi) is 4.22. The minimum atomic E-state index is -0.187. The Morgan fingerprint density at radius 3 is 2.58 bits per heavy atom. The Bertz CT molecular complexity index is 1060. The van der Waals surface area contributed by atoms with Gasteiger partial charge in [-0.1, -0.05) is 42.5 Å². The molecule has 0 aliphatic rings. The first-order chi connectivity index (χ1) is 12.8. The second-order valence-corrected chi connectivity index (χ2v) is 5.69. The Hall–Kier alpha value is -3.80. The van der Waals surface area contributed by atoms with Gasteiger partial charge in [-0.2, -0.15) is 0 Å². The highest BCUT2D eigenvalue weighted by Crippen LogP contribution is 2.19. The third-order valence-corrected chi connectivity index (χ3v) is 3.99. The summed E-state index contributed by atoms with van der Waals surface area (Å²) in [6, 6.07) is 21.4. The zero-order valence-corrected chi connectivity index (χ0v) is 13.8. The maximum atomic E-state index is 12.2. The maximum Gasteiger partial charge on any atom is 0.248 e. The molecule has 1 heterocycles. The van der Waals surface area contributed by atoms with E-state index < -0.39 is 0 Å². The fourth-order valence-corrected chi connectivity index (χ4v) is 2.72. The summed E-state index contributed by atoms with van der Waals surface area (Å²) >= 11 is 0. The van der Waals surface area contributed by atoms with Crippen molar-refractivity contribution in [1.29, 1.82) is 0 Å². The Labute approximate surface area is 149 Å². The molecule has 0 fully saturated rings. The van der Waals surface area contributed by atoms with Crippen molar-refractivity contribution in [3.05, 3.63) is 84.7 Å². The monoisotopic (exact) mass is 341 g/mol. The number of rotatable bonds is 4. The predicted octanol–water partition coefficient (Wildman–Crippen LogP) is 3.47. The van der Waals surface area contributed by atoms with Crippen molar-refractivity contribution < 1.29 is 4.79 Å². The van der Waals surface area contributed by atoms with E-state index in [1.54, 1.807) is 16.8 Å². The van der Waals surface area contributed by atoms with E-state index in [-0.39, 0.29) is 5.91 Å². The maximum absolute atomic E-state index is 12.2. The first-order valence-electron chi connectivity index (χ1n) is 8.10. The Morgan fingerprint density at radius 2 is 1.77 bits per heavy atom. The molecule has 0 atom stereocenters. The van der Waals surface area contributed by atoms with Crippen molar-refractivity contribution >= 4 is 28.4 Å². The number of carbonyl (C=O) groups excluding carboxylic acids is 1. The molecule has 1 aromatic heterocycles. The van der Waals surface area contributed by atoms with Crippen LogP contribution < -0.4 is 5.32 Å². The number of hydrogen-bond acceptors (Lipinski definition) is 4. The van der Waals surface area contributed by atoms with Gasteiger partial charge in [-0.15, -0.1) is 5.10 Å². The van der Waals surface area contributed by atoms with Gasteiger partial charge in [-0.05, 0) is 57.1 Å². The van der Waals surface area contributed by atoms with Crippen molar-refractivity contribution in [2.24, 2.45) is 0 Å². The normalized spacial score (nSPS) is 11.1. The van der Waals surface area contributed by atoms with E-state index in [0.29, 0.717) is 5.69 Å². The van der Waals surface area contributed by atoms with Crippen LogP contribution in [-0.2, 0) is 4.79 Å². The number of anilines is 1. The average Bonchev–Trinajstić information content (AvgIpc) is 3.22. The van der Waals surface area contributed by atoms with Gasteiger partial charge in [0.2, 0.25) is 5.91 Å². The summed E-state index contributed by atoms with van der Waals surface area (Å²) in [7, 11) is 0. The van der Waals surface area contributed by atoms with Crippen molar-refractivity contribution in [2.45, 2.75) is 0 Å². The van der Waals surface area contributed by atoms with Crippen LogP contribution in [0.25, 0.3) is 22.5 Å². The van der Waals surface area contributed by atoms with Crippen LogP contribution in [0.15, 0.2) is 79.1 Å². The van der Waals surface area contributed by atoms with E-state index in [1.165, 1.54) is 12.4 Å². The van der Waals surface area contributed by atoms with Gasteiger partial charge in [0.05, 0.1) is 5.69 Å². The van der Waals surface area contributed by atoms with E-state index in [4.69, 9.17) is 0 Å². The van der Waals surface area contributed by atoms with Crippen LogP contribution in [0.1, 0.15) is 5.56 Å². The Balaban J connectivity index is 1.47. The van der Waals surface area contributed by atoms with Crippen molar-refractivity contribution in [1.82, 2.24) is 20.2 Å². The van der Waals surface area contributed by atoms with Gasteiger partial charge >= 0.3 is 0 Å². The van der Waals surface area contributed by atoms with Gasteiger partial charge < -0.3 is 5.32 Å². The molecule has 0 saturated heterocycles. The smallest absolute Gasteiger partial charge is 0.248 e. The quantitative estimate of drug-likeness (QED) is 0.577. The largest absolute Gasteiger partial charge is 0.323 e. The van der Waals surface area contributed by atoms with Crippen molar-refractivity contribution in [2.75, 3.05) is 5.32 Å². The van der Waals surface area contributed by atoms with E-state index in [1.807, 2.05) is 48.5 Å². The molecule has 4 rings (SSSR count). The number of fused-ring (bicyclic) bond motifs is 1. The van der Waals surface area contributed by atoms with Crippen LogP contribution in [0.3, 0.4) is 0 Å². The number of nitrogens with one attached hydrogen (secondary N) is 1. The number of hydrogen-bond donors (Lipinski definition) is 1. The molecule has 1 N–H and O–H groups in total. The minimum absolute atomic E-state index is 0.187. The van der Waals surface area contributed by atoms with Gasteiger partial charge in [0.15, 0.2) is 0 Å². The molecule has 0 bridgehead atoms. The average molecular weight is 341 g/mol. The number of nitrogens with zero attached hydrogens (tertiary/aromatic N) is 4. The number of amides is 1. The molecule has 6 heteroatoms. The van der Waals surface area contributed by atoms with Crippen LogP contribution >= 0.6 is 0 Å². The molecule has 26 heavy (non-hydrogen) atoms. The van der Waals surface area contributed by atoms with Crippen molar-refractivity contribution in [3.8, 4) is 5.69 Å². The molecule has 126 valence electrons. The number of aromatic nitrogens is 4. The summed E-state index contributed by atoms with van der Waals surface area (Å²) in [5, 5.41) is 16.1. The van der Waals surface area contributed by atoms with Crippen LogP contribution in [0, 0.1) is 0 Å². The van der Waals surface area contributed by atoms with Gasteiger partial charge in [0.1, 0.15) is 6.33 Å². The lowest BCUT2D eigenvalue weighted by atomic mass is 10.0. The first kappa shape index (κ1) is 15.7. The Morgan fingerprint density at radius 1 is 0.962 bits per heavy atom. The first-order valence-corrected chi connectivity index (χ1v) is 8.10. The molecule has 0 saturated carbocycles. The van der Waals surface area contributed by atoms with Gasteiger partial charge in [0, 0.05) is 11.8 Å². The summed E-state index contributed by atoms with van der Waals surface area (Å²) in [5.41, 5.74) is 2.53. The summed E-state index contributed by atoms with van der Waals surface area (Å²) in [6.45, 7) is 0. The van der Waals surface area contributed by atoms with Crippen LogP contribution in [0.4, 0.5) is 5.69 Å². The van der Waals surface area contributed by atoms with Gasteiger partial charge in [-0.25, -0.2) is 4.68 Å². The summed E-state index contributed by atoms with van der Waals surface area (Å²) in [4.78, 5) is 12.2. The number of benzene rings is 3. The van der Waals surface area contributed by atoms with Crippen molar-refractivity contribution in [3.63, 3.8) is 0 Å². The molecule has 3 aromatic carbocycles. The van der Waals surface area contributed by atoms with E-state index in [2.05, 4.69) is 33.0 Å². The van der Waals surface area contributed by atoms with E-state index in [0.717, 1.165) is 22.0 Å². The third kappa shape index (κ3) is 3.34. The summed E-state index contributed by atoms with van der Waals surface area (Å²) in [5.74, 6) is -0.187. The molecule has 0 aliphatic heterocycles. The minimum Gasteiger partial charge on any atom is -0.323 e. The molecule has 0 aliphatic carbocycles. The van der Waals surface area contributed by atoms with E-state index >= 15 is 0 Å². The lowest BCUT2D eigenvalue weighted by molar-refractivity contribution is -0.111. The molecule has 4 aromatic rings. The second-order valence-electron chi connectivity index (χ2n) is 5.69. The molecular formula is C20H15N5O. The highest BCUT2D eigenvalue weighted by atomic mass is 16.1. The zero-order chi connectivity index (χ0) is 17.8. The molecule has 1 amide bonds. The summed E-state index contributed by atoms with van der Waals surface area (Å²) < 4.78 is 1.55. The predicted molar refractivity (Wildman–Crippen MR) is 101 cm³/mol. The zero-order valence-electron chi connectivity index (χ0n) is 13.8. The van der Waals surface area contributed by atoms with E-state index in [9.17, 15) is 4.79 Å². The standard InChI is InChI=1S/C20H15N5O/c26-20(13-8-16-6-3-5-15-4-1-2-7-19(15)16)22-17-9-11-18(12-10-17)25-14-21-23-24-25/h1-14H,(H,22,26)/b13-8-. The molecule has 6 nitrogen and oxygen atoms in total. The SMILES string of the molecule is O=C(/C=C\c1cccc2ccccc12)Nc1ccc(-n2cnnn2)cc1. The highest BCUT2D eigenvalue weighted by Gasteiger charge is 2.02. The highest BCUT2D eigenvalue weighted by molar-refractivity contribution is 6.03. The lowest BCUT2D eigenvalue weighted by Crippen LogP contribution is -2.07. The molecule has 0 radical (unpaired) electrons. The van der Waals surface area contributed by atoms with Gasteiger partial charge in [0.25, 0.3) is 0 Å². The van der Waals surface area contributed by atoms with Crippen LogP contribution in [0.5, 0.6) is 0 Å². The second kappa shape index (κ2) is 6.98. The topological polar surface area (TPSA) is 72.7 Å². The molecular weight excluding hydrogens is 326 g/mol. The third-order valence-electron chi connectivity index (χ3n) is 3.99. The van der Waals surface area contributed by atoms with Gasteiger partial charge in [-0.3, -0.25) is 4.79 Å². The fourth-order valence-electron chi connectivity index (χ4n) is 2.72. The fraction of sp³-hybridized carbons (Fsp3) is 0. The van der Waals surface area contributed by atoms with Crippen LogP contribution in [-0.4, -0.2) is 26.1 Å². The number of tetrazole rings is 1. The molecule has 0 spiro atoms. The van der Waals surface area contributed by atoms with Crippen LogP contribution in [0.2, 0.25) is 0 Å². The summed E-state index contributed by atoms with van der Waals surface area (Å²) in [6.07, 6.45) is 4.88. The number of carbonyl (C=O) groups is 1. The molecule has 0 unspecified atom stereocenters.